The number of hydrogen-bond donors (Lipinski definition) is 3. The Labute approximate surface area is 797 Å². The number of allylic oxidation sites excluding steroid dienone is 6. The van der Waals surface area contributed by atoms with Crippen molar-refractivity contribution in [2.45, 2.75) is 223 Å². The van der Waals surface area contributed by atoms with Crippen molar-refractivity contribution < 1.29 is 103 Å². The Kier molecular flexibility index (Phi) is 39.9. The summed E-state index contributed by atoms with van der Waals surface area (Å²) in [6.45, 7) is 47.1. The number of aromatic nitrogens is 6. The number of rotatable bonds is 24. The first-order valence-corrected chi connectivity index (χ1v) is 44.7. The summed E-state index contributed by atoms with van der Waals surface area (Å²) in [6, 6.07) is 55.4. The van der Waals surface area contributed by atoms with E-state index in [0.29, 0.717) is 66.0 Å². The molecule has 3 N–H and O–H groups in total. The molecule has 0 fully saturated rings. The molecular formula is C110H127Ir3N6O9-3. The van der Waals surface area contributed by atoms with Gasteiger partial charge in [0, 0.05) is 167 Å². The van der Waals surface area contributed by atoms with Crippen molar-refractivity contribution in [3.8, 4) is 33.8 Å². The van der Waals surface area contributed by atoms with Gasteiger partial charge in [-0.25, -0.2) is 15.0 Å². The smallest absolute Gasteiger partial charge is 0.216 e. The average molecular weight is 2250 g/mol. The minimum atomic E-state index is -0.0220. The Hall–Kier alpha value is -10.0. The maximum Gasteiger partial charge on any atom is 0.216 e. The van der Waals surface area contributed by atoms with Crippen LogP contribution in [0.5, 0.6) is 0 Å². The molecule has 15 aromatic rings. The van der Waals surface area contributed by atoms with E-state index in [1.54, 1.807) is 6.92 Å². The van der Waals surface area contributed by atoms with Crippen molar-refractivity contribution >= 4 is 116 Å². The van der Waals surface area contributed by atoms with Gasteiger partial charge in [-0.2, -0.15) is 0 Å². The van der Waals surface area contributed by atoms with Crippen LogP contribution in [-0.4, -0.2) is 62.6 Å². The number of ketones is 3. The first kappa shape index (κ1) is 105. The van der Waals surface area contributed by atoms with Crippen molar-refractivity contribution in [1.82, 2.24) is 29.9 Å². The molecule has 0 spiro atoms. The Morgan fingerprint density at radius 2 is 0.688 bits per heavy atom. The molecule has 0 aliphatic carbocycles. The molecule has 9 heterocycles. The van der Waals surface area contributed by atoms with Gasteiger partial charge >= 0.3 is 0 Å². The van der Waals surface area contributed by atoms with Gasteiger partial charge in [-0.1, -0.05) is 244 Å². The second-order valence-corrected chi connectivity index (χ2v) is 35.8. The molecule has 0 saturated carbocycles. The van der Waals surface area contributed by atoms with Crippen LogP contribution in [-0.2, 0) is 94.0 Å². The van der Waals surface area contributed by atoms with Gasteiger partial charge in [0.05, 0.1) is 34.0 Å². The molecule has 6 aromatic carbocycles. The number of furan rings is 3. The third-order valence-electron chi connectivity index (χ3n) is 21.9. The topological polar surface area (TPSA) is 229 Å². The van der Waals surface area contributed by atoms with Gasteiger partial charge in [0.25, 0.3) is 0 Å². The largest absolute Gasteiger partial charge is 0.512 e. The van der Waals surface area contributed by atoms with E-state index in [1.165, 1.54) is 51.1 Å². The normalized spacial score (nSPS) is 11.8. The number of fused-ring (bicyclic) bond motifs is 12. The Morgan fingerprint density at radius 1 is 0.359 bits per heavy atom. The molecule has 0 amide bonds. The fourth-order valence-electron chi connectivity index (χ4n) is 15.4. The van der Waals surface area contributed by atoms with Gasteiger partial charge in [0.1, 0.15) is 0 Å². The van der Waals surface area contributed by atoms with Crippen LogP contribution in [0.2, 0.25) is 0 Å². The van der Waals surface area contributed by atoms with Gasteiger partial charge in [0.15, 0.2) is 17.3 Å². The van der Waals surface area contributed by atoms with Crippen LogP contribution >= 0.6 is 0 Å². The first-order chi connectivity index (χ1) is 59.5. The average Bonchev–Trinajstić information content (AvgIpc) is 1.61. The van der Waals surface area contributed by atoms with E-state index in [4.69, 9.17) is 33.3 Å². The quantitative estimate of drug-likeness (QED) is 0.0290. The standard InChI is InChI=1S/3C26H23N2O.C13H24O2.C11H20O2.C8H14O2.3Ir/c3*1-15(2)9-18-6-7-19-14-27-24(13-20(19)12-18)23-11-16(3)10-22-21-8-5-17(4)28-26(21)29-25(22)23;1-5-10(6-2)12(14)9-13(15)11(7-3)8-4;1-8(2)5-10(12)7-11(13)6-9(3)4;1-4-7(9)5-8(10)6(2)3;;;/h3*5-8,10,12-15H,9H2,1-4H3;9-11,14H,5-8H2,1-4H3;7-9,12H,5-6H2,1-4H3;5-6,10H,4H2,1-3H3;;;/q3*-1;;;;;;. The maximum atomic E-state index is 11.7. The minimum Gasteiger partial charge on any atom is -0.512 e. The number of aliphatic hydroxyl groups excluding tert-OH is 3. The van der Waals surface area contributed by atoms with Crippen molar-refractivity contribution in [1.29, 1.82) is 0 Å². The number of aryl methyl sites for hydroxylation is 6. The summed E-state index contributed by atoms with van der Waals surface area (Å²) in [6.07, 6.45) is 18.2. The minimum absolute atomic E-state index is 0. The molecule has 0 bridgehead atoms. The van der Waals surface area contributed by atoms with Crippen LogP contribution < -0.4 is 0 Å². The number of benzene rings is 6. The Bertz CT molecular complexity index is 5920. The van der Waals surface area contributed by atoms with Crippen molar-refractivity contribution in [2.24, 2.45) is 47.3 Å². The van der Waals surface area contributed by atoms with Crippen LogP contribution in [0, 0.1) is 107 Å². The Balaban J connectivity index is 0.000000219. The number of carbonyl (C=O) groups excluding carboxylic acids is 3. The molecule has 128 heavy (non-hydrogen) atoms. The zero-order valence-electron chi connectivity index (χ0n) is 78.8. The SMILES string of the molecule is CC(C)CC(=O)C=C(O)CC(C)C.CCC(=O)C=C(O)C(C)C.CCC(CC)C(=O)C=C(O)C(CC)CC.Cc1[c-]c(-c2cc3cc(CC(C)C)ccc3cn2)c2oc3nc(C)ccc3c2c1.Cc1[c-]c(-c2cc3cc(CC(C)C)ccc3cn2)c2oc3nc(C)ccc3c2c1.Cc1[c-]c(-c2cc3cc(CC(C)C)ccc3cn2)c2oc3nc(C)ccc3c2c1.[Ir].[Ir].[Ir]. The molecule has 9 aromatic heterocycles. The van der Waals surface area contributed by atoms with E-state index in [1.807, 2.05) is 127 Å². The van der Waals surface area contributed by atoms with Crippen LogP contribution in [0.25, 0.3) is 132 Å². The molecule has 0 atom stereocenters. The summed E-state index contributed by atoms with van der Waals surface area (Å²) in [7, 11) is 0. The Morgan fingerprint density at radius 3 is 0.977 bits per heavy atom. The summed E-state index contributed by atoms with van der Waals surface area (Å²) >= 11 is 0. The molecule has 0 unspecified atom stereocenters. The van der Waals surface area contributed by atoms with E-state index in [-0.39, 0.29) is 113 Å². The van der Waals surface area contributed by atoms with Gasteiger partial charge in [-0.05, 0) is 198 Å². The van der Waals surface area contributed by atoms with Gasteiger partial charge < -0.3 is 43.5 Å². The fraction of sp³-hybridized carbons (Fsp3) is 0.373. The van der Waals surface area contributed by atoms with E-state index >= 15 is 0 Å². The number of nitrogens with zero attached hydrogens (tertiary/aromatic N) is 6. The third-order valence-corrected chi connectivity index (χ3v) is 21.9. The molecule has 15 nitrogen and oxygen atoms in total. The predicted molar refractivity (Wildman–Crippen MR) is 517 cm³/mol. The van der Waals surface area contributed by atoms with Crippen LogP contribution in [0.3, 0.4) is 0 Å². The number of carbonyl (C=O) groups is 3. The predicted octanol–water partition coefficient (Wildman–Crippen LogP) is 29.5. The fourth-order valence-corrected chi connectivity index (χ4v) is 15.4. The number of aliphatic hydroxyl groups is 3. The third kappa shape index (κ3) is 28.2. The van der Waals surface area contributed by atoms with Gasteiger partial charge in [-0.3, -0.25) is 14.4 Å². The molecule has 0 aliphatic rings. The molecule has 15 rings (SSSR count). The molecule has 0 saturated heterocycles. The van der Waals surface area contributed by atoms with E-state index in [9.17, 15) is 24.6 Å². The van der Waals surface area contributed by atoms with Crippen LogP contribution in [0.1, 0.15) is 213 Å². The van der Waals surface area contributed by atoms with E-state index < -0.39 is 0 Å². The maximum absolute atomic E-state index is 11.7. The van der Waals surface area contributed by atoms with Gasteiger partial charge in [0.2, 0.25) is 17.1 Å². The molecule has 18 heteroatoms. The van der Waals surface area contributed by atoms with E-state index in [0.717, 1.165) is 178 Å². The zero-order chi connectivity index (χ0) is 90.8. The first-order valence-electron chi connectivity index (χ1n) is 44.7. The zero-order valence-corrected chi connectivity index (χ0v) is 85.9. The number of hydrogen-bond acceptors (Lipinski definition) is 15. The second-order valence-electron chi connectivity index (χ2n) is 35.8. The molecular weight excluding hydrogens is 2130 g/mol. The summed E-state index contributed by atoms with van der Waals surface area (Å²) in [5.41, 5.74) is 19.8. The van der Waals surface area contributed by atoms with Crippen LogP contribution in [0.15, 0.2) is 195 Å². The summed E-state index contributed by atoms with van der Waals surface area (Å²) in [5, 5.41) is 41.5. The number of pyridine rings is 6. The monoisotopic (exact) mass is 2250 g/mol. The summed E-state index contributed by atoms with van der Waals surface area (Å²) < 4.78 is 18.5. The van der Waals surface area contributed by atoms with Crippen molar-refractivity contribution in [3.05, 3.63) is 250 Å². The summed E-state index contributed by atoms with van der Waals surface area (Å²) in [5.74, 6) is 3.62. The van der Waals surface area contributed by atoms with E-state index in [2.05, 4.69) is 205 Å². The van der Waals surface area contributed by atoms with Crippen molar-refractivity contribution in [3.63, 3.8) is 0 Å². The molecule has 681 valence electrons. The second kappa shape index (κ2) is 48.6. The van der Waals surface area contributed by atoms with Gasteiger partial charge in [-0.15, -0.1) is 53.1 Å². The molecule has 3 radical (unpaired) electrons. The van der Waals surface area contributed by atoms with Crippen LogP contribution in [0.4, 0.5) is 0 Å². The summed E-state index contributed by atoms with van der Waals surface area (Å²) in [4.78, 5) is 61.5. The molecule has 0 aliphatic heterocycles. The van der Waals surface area contributed by atoms with Crippen molar-refractivity contribution in [2.75, 3.05) is 0 Å².